The number of benzene rings is 3. The summed E-state index contributed by atoms with van der Waals surface area (Å²) in [5.41, 5.74) is 4.23. The Morgan fingerprint density at radius 2 is 1.76 bits per heavy atom. The maximum atomic E-state index is 11.7. The Labute approximate surface area is 225 Å². The quantitative estimate of drug-likeness (QED) is 0.241. The van der Waals surface area contributed by atoms with E-state index in [2.05, 4.69) is 34.5 Å². The van der Waals surface area contributed by atoms with Crippen LogP contribution >= 0.6 is 0 Å². The lowest BCUT2D eigenvalue weighted by Gasteiger charge is -2.26. The average Bonchev–Trinajstić information content (AvgIpc) is 3.42. The summed E-state index contributed by atoms with van der Waals surface area (Å²) >= 11 is 0. The summed E-state index contributed by atoms with van der Waals surface area (Å²) < 4.78 is 6.35. The Morgan fingerprint density at radius 3 is 2.58 bits per heavy atom. The van der Waals surface area contributed by atoms with Crippen LogP contribution in [-0.4, -0.2) is 54.8 Å². The largest absolute Gasteiger partial charge is 0.489 e. The molecule has 1 amide bonds. The molecule has 1 saturated carbocycles. The molecule has 5 rings (SSSR count). The number of hydrogen-bond donors (Lipinski definition) is 3. The van der Waals surface area contributed by atoms with E-state index in [1.165, 1.54) is 51.6 Å². The molecule has 1 heterocycles. The lowest BCUT2D eigenvalue weighted by atomic mass is 9.89. The van der Waals surface area contributed by atoms with Crippen LogP contribution in [0.2, 0.25) is 0 Å². The Hall–Kier alpha value is -3.19. The highest BCUT2D eigenvalue weighted by Crippen LogP contribution is 2.27. The maximum Gasteiger partial charge on any atom is 0.274 e. The van der Waals surface area contributed by atoms with E-state index in [0.717, 1.165) is 46.7 Å². The third kappa shape index (κ3) is 7.01. The minimum absolute atomic E-state index is 0.417. The smallest absolute Gasteiger partial charge is 0.274 e. The summed E-state index contributed by atoms with van der Waals surface area (Å²) in [6.07, 6.45) is 10.3. The predicted molar refractivity (Wildman–Crippen MR) is 153 cm³/mol. The average molecular weight is 514 g/mol. The molecule has 6 heteroatoms. The second-order valence-corrected chi connectivity index (χ2v) is 10.8. The number of amides is 1. The third-order valence-corrected chi connectivity index (χ3v) is 7.94. The highest BCUT2D eigenvalue weighted by molar-refractivity contribution is 5.93. The zero-order chi connectivity index (χ0) is 26.2. The molecule has 3 N–H and O–H groups in total. The van der Waals surface area contributed by atoms with E-state index in [1.807, 2.05) is 36.4 Å². The number of likely N-dealkylation sites (tertiary alicyclic amines) is 1. The Morgan fingerprint density at radius 1 is 0.974 bits per heavy atom. The molecule has 38 heavy (non-hydrogen) atoms. The number of carbonyl (C=O) groups excluding carboxylic acids is 1. The minimum Gasteiger partial charge on any atom is -0.489 e. The number of hydroxylamine groups is 1. The summed E-state index contributed by atoms with van der Waals surface area (Å²) in [5.74, 6) is 1.24. The molecule has 200 valence electrons. The van der Waals surface area contributed by atoms with Crippen LogP contribution in [0.25, 0.3) is 16.8 Å². The third-order valence-electron chi connectivity index (χ3n) is 7.94. The maximum absolute atomic E-state index is 11.7. The van der Waals surface area contributed by atoms with Crippen molar-refractivity contribution in [3.05, 3.63) is 83.4 Å². The molecule has 1 unspecified atom stereocenters. The SMILES string of the molecule is O=C(NO)c1ccc(/C=C(\CNC2CCN(CC3CCCCC3)C2)COc2cccc3ccccc23)cc1. The van der Waals surface area contributed by atoms with Crippen LogP contribution in [0.1, 0.15) is 54.4 Å². The van der Waals surface area contributed by atoms with E-state index in [9.17, 15) is 4.79 Å². The molecule has 3 aromatic carbocycles. The molecule has 1 aliphatic carbocycles. The fourth-order valence-electron chi connectivity index (χ4n) is 5.84. The molecule has 0 spiro atoms. The van der Waals surface area contributed by atoms with Gasteiger partial charge in [-0.25, -0.2) is 5.48 Å². The topological polar surface area (TPSA) is 73.8 Å². The zero-order valence-corrected chi connectivity index (χ0v) is 22.1. The van der Waals surface area contributed by atoms with E-state index in [1.54, 1.807) is 17.6 Å². The van der Waals surface area contributed by atoms with Crippen molar-refractivity contribution in [1.29, 1.82) is 0 Å². The van der Waals surface area contributed by atoms with Crippen LogP contribution < -0.4 is 15.5 Å². The van der Waals surface area contributed by atoms with Gasteiger partial charge >= 0.3 is 0 Å². The molecule has 6 nitrogen and oxygen atoms in total. The number of rotatable bonds is 10. The first-order valence-corrected chi connectivity index (χ1v) is 14.0. The molecule has 1 saturated heterocycles. The van der Waals surface area contributed by atoms with Gasteiger partial charge in [0.05, 0.1) is 0 Å². The van der Waals surface area contributed by atoms with Crippen LogP contribution in [0.4, 0.5) is 0 Å². The van der Waals surface area contributed by atoms with Gasteiger partial charge in [-0.15, -0.1) is 0 Å². The fraction of sp³-hybridized carbons (Fsp3) is 0.406. The molecular formula is C32H39N3O3. The Bertz CT molecular complexity index is 1230. The van der Waals surface area contributed by atoms with Crippen LogP contribution in [0.3, 0.4) is 0 Å². The number of carbonyl (C=O) groups is 1. The normalized spacial score (nSPS) is 19.1. The second kappa shape index (κ2) is 13.1. The van der Waals surface area contributed by atoms with Gasteiger partial charge in [-0.3, -0.25) is 10.0 Å². The first kappa shape index (κ1) is 26.4. The van der Waals surface area contributed by atoms with E-state index in [-0.39, 0.29) is 0 Å². The van der Waals surface area contributed by atoms with Crippen molar-refractivity contribution in [2.45, 2.75) is 44.6 Å². The van der Waals surface area contributed by atoms with Crippen molar-refractivity contribution in [2.24, 2.45) is 5.92 Å². The van der Waals surface area contributed by atoms with Gasteiger partial charge in [0, 0.05) is 36.6 Å². The molecule has 1 atom stereocenters. The number of nitrogens with one attached hydrogen (secondary N) is 2. The van der Waals surface area contributed by atoms with E-state index >= 15 is 0 Å². The second-order valence-electron chi connectivity index (χ2n) is 10.8. The highest BCUT2D eigenvalue weighted by Gasteiger charge is 2.25. The van der Waals surface area contributed by atoms with Crippen LogP contribution in [0.5, 0.6) is 5.75 Å². The van der Waals surface area contributed by atoms with Gasteiger partial charge in [0.25, 0.3) is 5.91 Å². The van der Waals surface area contributed by atoms with Gasteiger partial charge in [0.2, 0.25) is 0 Å². The van der Waals surface area contributed by atoms with E-state index < -0.39 is 5.91 Å². The van der Waals surface area contributed by atoms with E-state index in [4.69, 9.17) is 9.94 Å². The van der Waals surface area contributed by atoms with Gasteiger partial charge in [-0.1, -0.05) is 73.9 Å². The van der Waals surface area contributed by atoms with Crippen LogP contribution in [0.15, 0.2) is 72.3 Å². The van der Waals surface area contributed by atoms with Crippen molar-refractivity contribution < 1.29 is 14.7 Å². The van der Waals surface area contributed by atoms with Crippen molar-refractivity contribution in [1.82, 2.24) is 15.7 Å². The summed E-state index contributed by atoms with van der Waals surface area (Å²) in [6, 6.07) is 22.1. The van der Waals surface area contributed by atoms with Gasteiger partial charge in [0.15, 0.2) is 0 Å². The first-order valence-electron chi connectivity index (χ1n) is 14.0. The van der Waals surface area contributed by atoms with Gasteiger partial charge in [-0.05, 0) is 66.4 Å². The van der Waals surface area contributed by atoms with Gasteiger partial charge < -0.3 is 15.0 Å². The summed E-state index contributed by atoms with van der Waals surface area (Å²) in [5, 5.41) is 15.0. The predicted octanol–water partition coefficient (Wildman–Crippen LogP) is 5.67. The molecule has 1 aliphatic heterocycles. The highest BCUT2D eigenvalue weighted by atomic mass is 16.5. The Balaban J connectivity index is 1.25. The van der Waals surface area contributed by atoms with Gasteiger partial charge in [0.1, 0.15) is 12.4 Å². The van der Waals surface area contributed by atoms with Crippen LogP contribution in [-0.2, 0) is 0 Å². The number of hydrogen-bond acceptors (Lipinski definition) is 5. The molecule has 0 bridgehead atoms. The Kier molecular flexibility index (Phi) is 9.07. The van der Waals surface area contributed by atoms with Crippen molar-refractivity contribution in [2.75, 3.05) is 32.8 Å². The van der Waals surface area contributed by atoms with Crippen molar-refractivity contribution in [3.8, 4) is 5.75 Å². The monoisotopic (exact) mass is 513 g/mol. The fourth-order valence-corrected chi connectivity index (χ4v) is 5.84. The van der Waals surface area contributed by atoms with Crippen molar-refractivity contribution in [3.63, 3.8) is 0 Å². The minimum atomic E-state index is -0.513. The summed E-state index contributed by atoms with van der Waals surface area (Å²) in [7, 11) is 0. The lowest BCUT2D eigenvalue weighted by Crippen LogP contribution is -2.36. The number of ether oxygens (including phenoxy) is 1. The summed E-state index contributed by atoms with van der Waals surface area (Å²) in [6.45, 7) is 4.75. The lowest BCUT2D eigenvalue weighted by molar-refractivity contribution is 0.0706. The number of fused-ring (bicyclic) bond motifs is 1. The molecular weight excluding hydrogens is 474 g/mol. The van der Waals surface area contributed by atoms with Crippen LogP contribution in [0, 0.1) is 5.92 Å². The molecule has 0 radical (unpaired) electrons. The molecule has 2 fully saturated rings. The first-order chi connectivity index (χ1) is 18.7. The number of nitrogens with zero attached hydrogens (tertiary/aromatic N) is 1. The van der Waals surface area contributed by atoms with E-state index in [0.29, 0.717) is 18.2 Å². The van der Waals surface area contributed by atoms with Gasteiger partial charge in [-0.2, -0.15) is 0 Å². The molecule has 2 aliphatic rings. The van der Waals surface area contributed by atoms with Crippen molar-refractivity contribution >= 4 is 22.8 Å². The molecule has 0 aromatic heterocycles. The molecule has 3 aromatic rings. The summed E-state index contributed by atoms with van der Waals surface area (Å²) in [4.78, 5) is 14.4. The standard InChI is InChI=1S/C32H39N3O3/c36-32(34-37)28-15-13-24(14-16-28)19-26(23-38-31-12-6-10-27-9-4-5-11-30(27)31)20-33-29-17-18-35(22-29)21-25-7-2-1-3-8-25/h4-6,9-16,19,25,29,33,37H,1-3,7-8,17-18,20-23H2,(H,34,36)/b26-19+. The zero-order valence-electron chi connectivity index (χ0n) is 22.1.